The standard InChI is InChI=1S/C11H17ClN2O/c1-8(15)5-6-13-9(2)10-3-4-11(12)14-7-10/h3-4,7-9,13,15H,5-6H2,1-2H3. The number of aliphatic hydroxyl groups is 1. The minimum Gasteiger partial charge on any atom is -0.393 e. The van der Waals surface area contributed by atoms with Crippen molar-refractivity contribution in [2.75, 3.05) is 6.54 Å². The van der Waals surface area contributed by atoms with Gasteiger partial charge in [0, 0.05) is 12.2 Å². The molecule has 0 fully saturated rings. The van der Waals surface area contributed by atoms with Crippen LogP contribution in [-0.4, -0.2) is 22.7 Å². The molecule has 0 spiro atoms. The van der Waals surface area contributed by atoms with Crippen LogP contribution in [-0.2, 0) is 0 Å². The summed E-state index contributed by atoms with van der Waals surface area (Å²) in [5.41, 5.74) is 1.10. The highest BCUT2D eigenvalue weighted by atomic mass is 35.5. The third-order valence-corrected chi connectivity index (χ3v) is 2.49. The molecular formula is C11H17ClN2O. The molecule has 0 aliphatic carbocycles. The maximum Gasteiger partial charge on any atom is 0.129 e. The third-order valence-electron chi connectivity index (χ3n) is 2.26. The Morgan fingerprint density at radius 1 is 1.47 bits per heavy atom. The van der Waals surface area contributed by atoms with Crippen molar-refractivity contribution < 1.29 is 5.11 Å². The smallest absolute Gasteiger partial charge is 0.129 e. The summed E-state index contributed by atoms with van der Waals surface area (Å²) in [6.45, 7) is 4.64. The van der Waals surface area contributed by atoms with Gasteiger partial charge in [-0.05, 0) is 38.4 Å². The van der Waals surface area contributed by atoms with Crippen molar-refractivity contribution in [2.24, 2.45) is 0 Å². The van der Waals surface area contributed by atoms with Crippen molar-refractivity contribution in [1.82, 2.24) is 10.3 Å². The van der Waals surface area contributed by atoms with Crippen LogP contribution in [0.15, 0.2) is 18.3 Å². The molecule has 0 aliphatic rings. The van der Waals surface area contributed by atoms with Gasteiger partial charge in [0.1, 0.15) is 5.15 Å². The maximum atomic E-state index is 9.10. The van der Waals surface area contributed by atoms with Crippen molar-refractivity contribution in [3.63, 3.8) is 0 Å². The maximum absolute atomic E-state index is 9.10. The van der Waals surface area contributed by atoms with Gasteiger partial charge in [0.25, 0.3) is 0 Å². The van der Waals surface area contributed by atoms with Gasteiger partial charge in [0.2, 0.25) is 0 Å². The zero-order valence-electron chi connectivity index (χ0n) is 9.07. The Morgan fingerprint density at radius 3 is 2.73 bits per heavy atom. The molecule has 0 bridgehead atoms. The lowest BCUT2D eigenvalue weighted by atomic mass is 10.1. The zero-order chi connectivity index (χ0) is 11.3. The van der Waals surface area contributed by atoms with Crippen LogP contribution in [0.1, 0.15) is 31.9 Å². The highest BCUT2D eigenvalue weighted by Gasteiger charge is 2.05. The van der Waals surface area contributed by atoms with Gasteiger partial charge >= 0.3 is 0 Å². The Kier molecular flexibility index (Phi) is 5.02. The van der Waals surface area contributed by atoms with Crippen LogP contribution in [0.3, 0.4) is 0 Å². The fourth-order valence-electron chi connectivity index (χ4n) is 1.27. The topological polar surface area (TPSA) is 45.1 Å². The van der Waals surface area contributed by atoms with Crippen molar-refractivity contribution in [1.29, 1.82) is 0 Å². The molecule has 0 saturated heterocycles. The molecule has 84 valence electrons. The summed E-state index contributed by atoms with van der Waals surface area (Å²) in [6.07, 6.45) is 2.27. The minimum atomic E-state index is -0.256. The second-order valence-electron chi connectivity index (χ2n) is 3.73. The number of rotatable bonds is 5. The van der Waals surface area contributed by atoms with Crippen LogP contribution in [0, 0.1) is 0 Å². The molecule has 1 heterocycles. The highest BCUT2D eigenvalue weighted by molar-refractivity contribution is 6.29. The van der Waals surface area contributed by atoms with Crippen LogP contribution in [0.5, 0.6) is 0 Å². The van der Waals surface area contributed by atoms with Crippen molar-refractivity contribution in [2.45, 2.75) is 32.4 Å². The lowest BCUT2D eigenvalue weighted by Crippen LogP contribution is -2.22. The molecule has 2 atom stereocenters. The van der Waals surface area contributed by atoms with E-state index >= 15 is 0 Å². The van der Waals surface area contributed by atoms with E-state index in [9.17, 15) is 0 Å². The van der Waals surface area contributed by atoms with E-state index in [2.05, 4.69) is 17.2 Å². The number of hydrogen-bond acceptors (Lipinski definition) is 3. The summed E-state index contributed by atoms with van der Waals surface area (Å²) in [4.78, 5) is 4.02. The van der Waals surface area contributed by atoms with Crippen molar-refractivity contribution in [3.05, 3.63) is 29.0 Å². The fraction of sp³-hybridized carbons (Fsp3) is 0.545. The lowest BCUT2D eigenvalue weighted by Gasteiger charge is -2.14. The Hall–Kier alpha value is -0.640. The predicted octanol–water partition coefficient (Wildman–Crippen LogP) is 2.16. The third kappa shape index (κ3) is 4.60. The second-order valence-corrected chi connectivity index (χ2v) is 4.12. The number of aliphatic hydroxyl groups excluding tert-OH is 1. The number of nitrogens with one attached hydrogen (secondary N) is 1. The highest BCUT2D eigenvalue weighted by Crippen LogP contribution is 2.13. The van der Waals surface area contributed by atoms with Gasteiger partial charge in [0.05, 0.1) is 6.10 Å². The van der Waals surface area contributed by atoms with Crippen molar-refractivity contribution >= 4 is 11.6 Å². The number of nitrogens with zero attached hydrogens (tertiary/aromatic N) is 1. The summed E-state index contributed by atoms with van der Waals surface area (Å²) in [6, 6.07) is 3.97. The van der Waals surface area contributed by atoms with Gasteiger partial charge in [-0.1, -0.05) is 17.7 Å². The molecule has 0 amide bonds. The first kappa shape index (κ1) is 12.4. The Balaban J connectivity index is 2.40. The van der Waals surface area contributed by atoms with Gasteiger partial charge in [-0.2, -0.15) is 0 Å². The van der Waals surface area contributed by atoms with E-state index in [-0.39, 0.29) is 12.1 Å². The van der Waals surface area contributed by atoms with E-state index in [0.717, 1.165) is 18.5 Å². The molecule has 2 unspecified atom stereocenters. The zero-order valence-corrected chi connectivity index (χ0v) is 9.83. The van der Waals surface area contributed by atoms with Gasteiger partial charge in [-0.15, -0.1) is 0 Å². The second kappa shape index (κ2) is 6.05. The van der Waals surface area contributed by atoms with Gasteiger partial charge in [-0.3, -0.25) is 0 Å². The number of halogens is 1. The van der Waals surface area contributed by atoms with Crippen LogP contribution in [0.4, 0.5) is 0 Å². The molecule has 4 heteroatoms. The largest absolute Gasteiger partial charge is 0.393 e. The van der Waals surface area contributed by atoms with Gasteiger partial charge in [0.15, 0.2) is 0 Å². The summed E-state index contributed by atoms with van der Waals surface area (Å²) in [5, 5.41) is 12.9. The quantitative estimate of drug-likeness (QED) is 0.760. The molecule has 0 aliphatic heterocycles. The average molecular weight is 229 g/mol. The molecule has 0 aromatic carbocycles. The van der Waals surface area contributed by atoms with Crippen LogP contribution in [0.25, 0.3) is 0 Å². The van der Waals surface area contributed by atoms with Gasteiger partial charge < -0.3 is 10.4 Å². The van der Waals surface area contributed by atoms with E-state index in [0.29, 0.717) is 5.15 Å². The summed E-state index contributed by atoms with van der Waals surface area (Å²) >= 11 is 5.70. The molecule has 3 nitrogen and oxygen atoms in total. The van der Waals surface area contributed by atoms with Crippen LogP contribution >= 0.6 is 11.6 Å². The normalized spacial score (nSPS) is 14.9. The average Bonchev–Trinajstić information content (AvgIpc) is 2.18. The molecule has 0 radical (unpaired) electrons. The Bertz CT molecular complexity index is 287. The molecule has 1 aromatic heterocycles. The molecule has 0 saturated carbocycles. The van der Waals surface area contributed by atoms with Crippen LogP contribution < -0.4 is 5.32 Å². The lowest BCUT2D eigenvalue weighted by molar-refractivity contribution is 0.182. The minimum absolute atomic E-state index is 0.230. The molecular weight excluding hydrogens is 212 g/mol. The summed E-state index contributed by atoms with van der Waals surface area (Å²) in [7, 11) is 0. The summed E-state index contributed by atoms with van der Waals surface area (Å²) in [5.74, 6) is 0. The van der Waals surface area contributed by atoms with Gasteiger partial charge in [-0.25, -0.2) is 4.98 Å². The van der Waals surface area contributed by atoms with E-state index in [1.807, 2.05) is 6.07 Å². The molecule has 15 heavy (non-hydrogen) atoms. The molecule has 1 aromatic rings. The number of aromatic nitrogens is 1. The Morgan fingerprint density at radius 2 is 2.20 bits per heavy atom. The SMILES string of the molecule is CC(O)CCNC(C)c1ccc(Cl)nc1. The molecule has 1 rings (SSSR count). The number of pyridine rings is 1. The first-order chi connectivity index (χ1) is 7.09. The first-order valence-corrected chi connectivity index (χ1v) is 5.50. The number of hydrogen-bond donors (Lipinski definition) is 2. The first-order valence-electron chi connectivity index (χ1n) is 5.12. The summed E-state index contributed by atoms with van der Waals surface area (Å²) < 4.78 is 0. The van der Waals surface area contributed by atoms with E-state index in [1.165, 1.54) is 0 Å². The van der Waals surface area contributed by atoms with E-state index in [1.54, 1.807) is 19.2 Å². The predicted molar refractivity (Wildman–Crippen MR) is 62.0 cm³/mol. The monoisotopic (exact) mass is 228 g/mol. The van der Waals surface area contributed by atoms with E-state index < -0.39 is 0 Å². The Labute approximate surface area is 95.5 Å². The fourth-order valence-corrected chi connectivity index (χ4v) is 1.38. The molecule has 2 N–H and O–H groups in total. The van der Waals surface area contributed by atoms with Crippen LogP contribution in [0.2, 0.25) is 5.15 Å². The van der Waals surface area contributed by atoms with E-state index in [4.69, 9.17) is 16.7 Å². The van der Waals surface area contributed by atoms with Crippen molar-refractivity contribution in [3.8, 4) is 0 Å².